The Morgan fingerprint density at radius 3 is 2.91 bits per heavy atom. The number of rotatable bonds is 4. The fourth-order valence-electron chi connectivity index (χ4n) is 3.94. The first-order valence-corrected chi connectivity index (χ1v) is 8.84. The van der Waals surface area contributed by atoms with Gasteiger partial charge in [0.25, 0.3) is 0 Å². The Hall–Kier alpha value is -1.81. The lowest BCUT2D eigenvalue weighted by molar-refractivity contribution is 0.165. The summed E-state index contributed by atoms with van der Waals surface area (Å²) in [5.41, 5.74) is 5.63. The van der Waals surface area contributed by atoms with Crippen LogP contribution in [0.3, 0.4) is 0 Å². The van der Waals surface area contributed by atoms with Crippen LogP contribution in [0.15, 0.2) is 30.6 Å². The normalized spacial score (nSPS) is 18.8. The van der Waals surface area contributed by atoms with Gasteiger partial charge in [-0.1, -0.05) is 18.2 Å². The molecule has 1 saturated heterocycles. The number of piperidine rings is 1. The van der Waals surface area contributed by atoms with Gasteiger partial charge in [0.05, 0.1) is 6.20 Å². The molecule has 1 fully saturated rings. The number of benzene rings is 1. The highest BCUT2D eigenvalue weighted by Gasteiger charge is 2.21. The zero-order chi connectivity index (χ0) is 15.6. The molecule has 0 spiro atoms. The van der Waals surface area contributed by atoms with Gasteiger partial charge in [-0.15, -0.1) is 0 Å². The number of hydrogen-bond donors (Lipinski definition) is 1. The summed E-state index contributed by atoms with van der Waals surface area (Å²) in [6.07, 6.45) is 7.85. The number of aromatic nitrogens is 2. The average Bonchev–Trinajstić information content (AvgIpc) is 3.19. The van der Waals surface area contributed by atoms with Gasteiger partial charge in [0.1, 0.15) is 0 Å². The first-order chi connectivity index (χ1) is 11.3. The van der Waals surface area contributed by atoms with Crippen LogP contribution in [0.1, 0.15) is 29.5 Å². The van der Waals surface area contributed by atoms with Crippen LogP contribution in [0.2, 0.25) is 0 Å². The first-order valence-electron chi connectivity index (χ1n) is 8.84. The van der Waals surface area contributed by atoms with Crippen LogP contribution in [0.4, 0.5) is 5.69 Å². The van der Waals surface area contributed by atoms with Crippen molar-refractivity contribution in [1.29, 1.82) is 0 Å². The lowest BCUT2D eigenvalue weighted by Crippen LogP contribution is -2.34. The third kappa shape index (κ3) is 3.27. The highest BCUT2D eigenvalue weighted by Crippen LogP contribution is 2.29. The molecule has 0 radical (unpaired) electrons. The molecular formula is C19H26N4. The predicted octanol–water partition coefficient (Wildman–Crippen LogP) is 3.07. The maximum Gasteiger partial charge on any atom is 0.0518 e. The molecule has 122 valence electrons. The number of anilines is 1. The van der Waals surface area contributed by atoms with Crippen molar-refractivity contribution in [1.82, 2.24) is 14.7 Å². The molecule has 2 aromatic rings. The van der Waals surface area contributed by atoms with E-state index in [1.54, 1.807) is 0 Å². The van der Waals surface area contributed by atoms with E-state index in [1.165, 1.54) is 54.7 Å². The van der Waals surface area contributed by atoms with Crippen molar-refractivity contribution >= 4 is 5.69 Å². The molecule has 2 aliphatic rings. The van der Waals surface area contributed by atoms with Gasteiger partial charge < -0.3 is 5.32 Å². The first kappa shape index (κ1) is 14.8. The molecule has 0 atom stereocenters. The third-order valence-corrected chi connectivity index (χ3v) is 5.24. The van der Waals surface area contributed by atoms with E-state index in [4.69, 9.17) is 0 Å². The number of aryl methyl sites for hydroxylation is 1. The van der Waals surface area contributed by atoms with Crippen molar-refractivity contribution < 1.29 is 0 Å². The summed E-state index contributed by atoms with van der Waals surface area (Å²) in [7, 11) is 0. The SMILES string of the molecule is Cc1cnn(CC2CCN(Cc3cccc4c3NCC4)CC2)c1. The Morgan fingerprint density at radius 2 is 2.13 bits per heavy atom. The van der Waals surface area contributed by atoms with Gasteiger partial charge >= 0.3 is 0 Å². The van der Waals surface area contributed by atoms with Crippen LogP contribution in [-0.2, 0) is 19.5 Å². The monoisotopic (exact) mass is 310 g/mol. The summed E-state index contributed by atoms with van der Waals surface area (Å²) in [5.74, 6) is 0.769. The molecular weight excluding hydrogens is 284 g/mol. The van der Waals surface area contributed by atoms with E-state index in [0.717, 1.165) is 25.6 Å². The van der Waals surface area contributed by atoms with E-state index >= 15 is 0 Å². The highest BCUT2D eigenvalue weighted by atomic mass is 15.3. The number of fused-ring (bicyclic) bond motifs is 1. The largest absolute Gasteiger partial charge is 0.384 e. The van der Waals surface area contributed by atoms with Crippen LogP contribution < -0.4 is 5.32 Å². The molecule has 0 bridgehead atoms. The molecule has 1 aromatic carbocycles. The second kappa shape index (κ2) is 6.36. The molecule has 23 heavy (non-hydrogen) atoms. The maximum atomic E-state index is 4.43. The highest BCUT2D eigenvalue weighted by molar-refractivity contribution is 5.61. The molecule has 0 aliphatic carbocycles. The fraction of sp³-hybridized carbons (Fsp3) is 0.526. The smallest absolute Gasteiger partial charge is 0.0518 e. The van der Waals surface area contributed by atoms with E-state index in [-0.39, 0.29) is 0 Å². The van der Waals surface area contributed by atoms with Crippen molar-refractivity contribution in [3.8, 4) is 0 Å². The predicted molar refractivity (Wildman–Crippen MR) is 93.6 cm³/mol. The van der Waals surface area contributed by atoms with E-state index in [0.29, 0.717) is 0 Å². The standard InChI is InChI=1S/C19H26N4/c1-15-11-21-23(12-15)13-16-6-9-22(10-7-16)14-18-4-2-3-17-5-8-20-19(17)18/h2-4,11-12,16,20H,5-10,13-14H2,1H3. The number of nitrogens with zero attached hydrogens (tertiary/aromatic N) is 3. The average molecular weight is 310 g/mol. The van der Waals surface area contributed by atoms with Gasteiger partial charge in [0.2, 0.25) is 0 Å². The van der Waals surface area contributed by atoms with Crippen molar-refractivity contribution in [2.75, 3.05) is 25.0 Å². The Bertz CT molecular complexity index is 668. The second-order valence-corrected chi connectivity index (χ2v) is 7.09. The fourth-order valence-corrected chi connectivity index (χ4v) is 3.94. The van der Waals surface area contributed by atoms with Gasteiger partial charge in [0, 0.05) is 31.5 Å². The summed E-state index contributed by atoms with van der Waals surface area (Å²) in [5, 5.41) is 7.99. The molecule has 1 aromatic heterocycles. The maximum absolute atomic E-state index is 4.43. The van der Waals surface area contributed by atoms with E-state index < -0.39 is 0 Å². The number of likely N-dealkylation sites (tertiary alicyclic amines) is 1. The number of hydrogen-bond acceptors (Lipinski definition) is 3. The van der Waals surface area contributed by atoms with Crippen LogP contribution in [0, 0.1) is 12.8 Å². The zero-order valence-electron chi connectivity index (χ0n) is 14.0. The van der Waals surface area contributed by atoms with Gasteiger partial charge in [-0.25, -0.2) is 0 Å². The van der Waals surface area contributed by atoms with Gasteiger partial charge in [-0.3, -0.25) is 9.58 Å². The molecule has 2 aliphatic heterocycles. The minimum Gasteiger partial charge on any atom is -0.384 e. The van der Waals surface area contributed by atoms with Gasteiger partial charge in [0.15, 0.2) is 0 Å². The molecule has 4 rings (SSSR count). The van der Waals surface area contributed by atoms with Crippen LogP contribution in [0.5, 0.6) is 0 Å². The topological polar surface area (TPSA) is 33.1 Å². The summed E-state index contributed by atoms with van der Waals surface area (Å²) >= 11 is 0. The molecule has 0 saturated carbocycles. The summed E-state index contributed by atoms with van der Waals surface area (Å²) in [4.78, 5) is 2.61. The van der Waals surface area contributed by atoms with E-state index in [1.807, 2.05) is 6.20 Å². The third-order valence-electron chi connectivity index (χ3n) is 5.24. The van der Waals surface area contributed by atoms with Crippen molar-refractivity contribution in [2.24, 2.45) is 5.92 Å². The minimum absolute atomic E-state index is 0.769. The van der Waals surface area contributed by atoms with Crippen LogP contribution in [0.25, 0.3) is 0 Å². The van der Waals surface area contributed by atoms with Gasteiger partial charge in [-0.05, 0) is 61.9 Å². The van der Waals surface area contributed by atoms with Crippen LogP contribution >= 0.6 is 0 Å². The Balaban J connectivity index is 1.33. The number of para-hydroxylation sites is 1. The molecule has 1 N–H and O–H groups in total. The Labute approximate surface area is 138 Å². The summed E-state index contributed by atoms with van der Waals surface area (Å²) in [6, 6.07) is 6.76. The van der Waals surface area contributed by atoms with Crippen molar-refractivity contribution in [3.63, 3.8) is 0 Å². The Kier molecular flexibility index (Phi) is 4.08. The van der Waals surface area contributed by atoms with E-state index in [9.17, 15) is 0 Å². The quantitative estimate of drug-likeness (QED) is 0.942. The molecule has 0 amide bonds. The minimum atomic E-state index is 0.769. The molecule has 3 heterocycles. The lowest BCUT2D eigenvalue weighted by Gasteiger charge is -2.32. The van der Waals surface area contributed by atoms with Gasteiger partial charge in [-0.2, -0.15) is 5.10 Å². The van der Waals surface area contributed by atoms with Crippen molar-refractivity contribution in [2.45, 2.75) is 39.3 Å². The summed E-state index contributed by atoms with van der Waals surface area (Å²) < 4.78 is 2.11. The molecule has 4 heteroatoms. The Morgan fingerprint density at radius 1 is 1.26 bits per heavy atom. The zero-order valence-corrected chi connectivity index (χ0v) is 14.0. The number of nitrogens with one attached hydrogen (secondary N) is 1. The molecule has 0 unspecified atom stereocenters. The van der Waals surface area contributed by atoms with Crippen molar-refractivity contribution in [3.05, 3.63) is 47.3 Å². The van der Waals surface area contributed by atoms with E-state index in [2.05, 4.69) is 51.3 Å². The summed E-state index contributed by atoms with van der Waals surface area (Å²) in [6.45, 7) is 7.77. The molecule has 4 nitrogen and oxygen atoms in total. The second-order valence-electron chi connectivity index (χ2n) is 7.09. The lowest BCUT2D eigenvalue weighted by atomic mass is 9.96. The van der Waals surface area contributed by atoms with Crippen LogP contribution in [-0.4, -0.2) is 34.3 Å².